The van der Waals surface area contributed by atoms with Gasteiger partial charge in [0.1, 0.15) is 0 Å². The van der Waals surface area contributed by atoms with Crippen molar-refractivity contribution in [1.82, 2.24) is 0 Å². The second kappa shape index (κ2) is 7.26. The monoisotopic (exact) mass is 339 g/mol. The summed E-state index contributed by atoms with van der Waals surface area (Å²) in [6, 6.07) is 7.11. The van der Waals surface area contributed by atoms with Crippen molar-refractivity contribution >= 4 is 15.9 Å². The van der Waals surface area contributed by atoms with Gasteiger partial charge in [-0.25, -0.2) is 0 Å². The fraction of sp³-hybridized carbons (Fsp3) is 0.538. The Bertz CT molecular complexity index is 378. The van der Waals surface area contributed by atoms with Crippen molar-refractivity contribution < 1.29 is 17.9 Å². The average molecular weight is 340 g/mol. The van der Waals surface area contributed by atoms with Crippen molar-refractivity contribution in [2.45, 2.75) is 38.1 Å². The molecule has 0 saturated heterocycles. The highest BCUT2D eigenvalue weighted by Gasteiger charge is 2.26. The summed E-state index contributed by atoms with van der Waals surface area (Å²) < 4.78 is 42.5. The standard InChI is InChI=1S/C13H17BrF3NO/c1-9(18)12(10-3-5-11(14)6-4-10)19-8-2-7-13(15,16)17/h3-6,9,12H,2,7-8,18H2,1H3. The van der Waals surface area contributed by atoms with Gasteiger partial charge >= 0.3 is 6.18 Å². The minimum atomic E-state index is -4.13. The summed E-state index contributed by atoms with van der Waals surface area (Å²) in [5, 5.41) is 0. The Morgan fingerprint density at radius 1 is 1.26 bits per heavy atom. The van der Waals surface area contributed by atoms with Gasteiger partial charge in [-0.15, -0.1) is 0 Å². The van der Waals surface area contributed by atoms with Crippen LogP contribution in [-0.2, 0) is 4.74 Å². The third-order valence-corrected chi connectivity index (χ3v) is 3.11. The predicted octanol–water partition coefficient (Wildman–Crippen LogP) is 4.20. The number of hydrogen-bond donors (Lipinski definition) is 1. The fourth-order valence-corrected chi connectivity index (χ4v) is 1.95. The van der Waals surface area contributed by atoms with Gasteiger partial charge < -0.3 is 10.5 Å². The van der Waals surface area contributed by atoms with Crippen LogP contribution in [0.5, 0.6) is 0 Å². The maximum Gasteiger partial charge on any atom is 0.389 e. The second-order valence-corrected chi connectivity index (χ2v) is 5.34. The Labute approximate surface area is 119 Å². The second-order valence-electron chi connectivity index (χ2n) is 4.42. The smallest absolute Gasteiger partial charge is 0.372 e. The number of halogens is 4. The van der Waals surface area contributed by atoms with Gasteiger partial charge in [0.2, 0.25) is 0 Å². The first-order valence-corrected chi connectivity index (χ1v) is 6.78. The molecule has 0 spiro atoms. The van der Waals surface area contributed by atoms with E-state index in [1.54, 1.807) is 6.92 Å². The van der Waals surface area contributed by atoms with Crippen LogP contribution in [0, 0.1) is 0 Å². The first-order chi connectivity index (χ1) is 8.79. The molecule has 1 rings (SSSR count). The van der Waals surface area contributed by atoms with Gasteiger partial charge in [-0.2, -0.15) is 13.2 Å². The summed E-state index contributed by atoms with van der Waals surface area (Å²) in [6.07, 6.45) is -5.41. The Morgan fingerprint density at radius 3 is 2.32 bits per heavy atom. The van der Waals surface area contributed by atoms with Crippen LogP contribution in [0.1, 0.15) is 31.4 Å². The molecule has 0 aliphatic carbocycles. The molecule has 0 aliphatic heterocycles. The van der Waals surface area contributed by atoms with Crippen LogP contribution >= 0.6 is 15.9 Å². The molecule has 108 valence electrons. The minimum absolute atomic E-state index is 0.0434. The number of hydrogen-bond acceptors (Lipinski definition) is 2. The zero-order valence-corrected chi connectivity index (χ0v) is 12.2. The van der Waals surface area contributed by atoms with Crippen LogP contribution in [-0.4, -0.2) is 18.8 Å². The molecule has 1 aromatic carbocycles. The van der Waals surface area contributed by atoms with Gasteiger partial charge in [-0.1, -0.05) is 28.1 Å². The van der Waals surface area contributed by atoms with E-state index in [1.165, 1.54) is 0 Å². The lowest BCUT2D eigenvalue weighted by atomic mass is 10.0. The van der Waals surface area contributed by atoms with E-state index in [0.717, 1.165) is 10.0 Å². The molecular formula is C13H17BrF3NO. The van der Waals surface area contributed by atoms with Crippen LogP contribution in [0.25, 0.3) is 0 Å². The summed E-state index contributed by atoms with van der Waals surface area (Å²) in [7, 11) is 0. The molecule has 0 radical (unpaired) electrons. The molecule has 0 amide bonds. The van der Waals surface area contributed by atoms with Crippen LogP contribution in [0.2, 0.25) is 0 Å². The van der Waals surface area contributed by atoms with Crippen LogP contribution in [0.4, 0.5) is 13.2 Å². The first kappa shape index (κ1) is 16.5. The van der Waals surface area contributed by atoms with E-state index in [4.69, 9.17) is 10.5 Å². The molecule has 0 bridgehead atoms. The fourth-order valence-electron chi connectivity index (χ4n) is 1.69. The van der Waals surface area contributed by atoms with E-state index in [2.05, 4.69) is 15.9 Å². The molecule has 0 saturated carbocycles. The van der Waals surface area contributed by atoms with Crippen LogP contribution in [0.3, 0.4) is 0 Å². The molecule has 0 heterocycles. The largest absolute Gasteiger partial charge is 0.389 e. The van der Waals surface area contributed by atoms with Crippen molar-refractivity contribution in [1.29, 1.82) is 0 Å². The van der Waals surface area contributed by atoms with Crippen LogP contribution < -0.4 is 5.73 Å². The molecule has 2 atom stereocenters. The molecule has 2 nitrogen and oxygen atoms in total. The Balaban J connectivity index is 2.52. The first-order valence-electron chi connectivity index (χ1n) is 5.99. The molecule has 0 aromatic heterocycles. The topological polar surface area (TPSA) is 35.2 Å². The van der Waals surface area contributed by atoms with Gasteiger partial charge in [-0.05, 0) is 31.0 Å². The number of nitrogens with two attached hydrogens (primary N) is 1. The summed E-state index contributed by atoms with van der Waals surface area (Å²) in [5.41, 5.74) is 6.68. The lowest BCUT2D eigenvalue weighted by Crippen LogP contribution is -2.27. The average Bonchev–Trinajstić information content (AvgIpc) is 2.29. The van der Waals surface area contributed by atoms with Crippen molar-refractivity contribution in [3.8, 4) is 0 Å². The highest BCUT2D eigenvalue weighted by molar-refractivity contribution is 9.10. The van der Waals surface area contributed by atoms with E-state index in [9.17, 15) is 13.2 Å². The Kier molecular flexibility index (Phi) is 6.29. The van der Waals surface area contributed by atoms with Crippen molar-refractivity contribution in [3.63, 3.8) is 0 Å². The zero-order valence-electron chi connectivity index (χ0n) is 10.6. The van der Waals surface area contributed by atoms with Crippen molar-refractivity contribution in [2.75, 3.05) is 6.61 Å². The van der Waals surface area contributed by atoms with Gasteiger partial charge in [-0.3, -0.25) is 0 Å². The number of ether oxygens (including phenoxy) is 1. The highest BCUT2D eigenvalue weighted by Crippen LogP contribution is 2.25. The normalized spacial score (nSPS) is 15.3. The molecular weight excluding hydrogens is 323 g/mol. The quantitative estimate of drug-likeness (QED) is 0.788. The molecule has 0 aliphatic rings. The molecule has 6 heteroatoms. The maximum absolute atomic E-state index is 12.0. The number of benzene rings is 1. The van der Waals surface area contributed by atoms with Gasteiger partial charge in [0.15, 0.2) is 0 Å². The maximum atomic E-state index is 12.0. The molecule has 2 N–H and O–H groups in total. The lowest BCUT2D eigenvalue weighted by Gasteiger charge is -2.22. The van der Waals surface area contributed by atoms with Crippen molar-refractivity contribution in [2.24, 2.45) is 5.73 Å². The van der Waals surface area contributed by atoms with E-state index >= 15 is 0 Å². The predicted molar refractivity (Wildman–Crippen MR) is 71.8 cm³/mol. The molecule has 1 aromatic rings. The van der Waals surface area contributed by atoms with Gasteiger partial charge in [0.05, 0.1) is 6.10 Å². The Hall–Kier alpha value is -0.590. The zero-order chi connectivity index (χ0) is 14.5. The van der Waals surface area contributed by atoms with E-state index in [0.29, 0.717) is 0 Å². The molecule has 0 fully saturated rings. The third-order valence-electron chi connectivity index (χ3n) is 2.58. The third kappa shape index (κ3) is 6.40. The van der Waals surface area contributed by atoms with Crippen LogP contribution in [0.15, 0.2) is 28.7 Å². The SMILES string of the molecule is CC(N)C(OCCCC(F)(F)F)c1ccc(Br)cc1. The molecule has 19 heavy (non-hydrogen) atoms. The summed E-state index contributed by atoms with van der Waals surface area (Å²) in [5.74, 6) is 0. The van der Waals surface area contributed by atoms with E-state index < -0.39 is 12.6 Å². The molecule has 2 unspecified atom stereocenters. The number of alkyl halides is 3. The summed E-state index contributed by atoms with van der Waals surface area (Å²) >= 11 is 3.32. The lowest BCUT2D eigenvalue weighted by molar-refractivity contribution is -0.139. The van der Waals surface area contributed by atoms with E-state index in [1.807, 2.05) is 24.3 Å². The Morgan fingerprint density at radius 2 is 1.84 bits per heavy atom. The van der Waals surface area contributed by atoms with E-state index in [-0.39, 0.29) is 25.2 Å². The van der Waals surface area contributed by atoms with Gasteiger partial charge in [0.25, 0.3) is 0 Å². The highest BCUT2D eigenvalue weighted by atomic mass is 79.9. The summed E-state index contributed by atoms with van der Waals surface area (Å²) in [6.45, 7) is 1.82. The van der Waals surface area contributed by atoms with Crippen molar-refractivity contribution in [3.05, 3.63) is 34.3 Å². The number of rotatable bonds is 6. The minimum Gasteiger partial charge on any atom is -0.372 e. The summed E-state index contributed by atoms with van der Waals surface area (Å²) in [4.78, 5) is 0. The van der Waals surface area contributed by atoms with Gasteiger partial charge in [0, 0.05) is 23.5 Å².